The SMILES string of the molecule is BC(C)OC(/C=C/P(=O)(O)O)COI. The summed E-state index contributed by atoms with van der Waals surface area (Å²) in [6, 6.07) is -0.0204. The minimum absolute atomic E-state index is 0.0204. The highest BCUT2D eigenvalue weighted by Crippen LogP contribution is 2.36. The van der Waals surface area contributed by atoms with Gasteiger partial charge >= 0.3 is 7.60 Å². The van der Waals surface area contributed by atoms with Crippen LogP contribution in [0, 0.1) is 0 Å². The zero-order valence-corrected chi connectivity index (χ0v) is 11.0. The van der Waals surface area contributed by atoms with Gasteiger partial charge in [-0.05, 0) is 13.0 Å². The van der Waals surface area contributed by atoms with Gasteiger partial charge in [-0.3, -0.25) is 4.57 Å². The van der Waals surface area contributed by atoms with E-state index in [-0.39, 0.29) is 12.6 Å². The highest BCUT2D eigenvalue weighted by atomic mass is 127. The lowest BCUT2D eigenvalue weighted by molar-refractivity contribution is 0.0486. The maximum Gasteiger partial charge on any atom is 0.348 e. The smallest absolute Gasteiger partial charge is 0.348 e. The predicted octanol–water partition coefficient (Wildman–Crippen LogP) is 0.409. The van der Waals surface area contributed by atoms with Crippen molar-refractivity contribution in [1.82, 2.24) is 0 Å². The van der Waals surface area contributed by atoms with E-state index in [0.29, 0.717) is 0 Å². The Bertz CT molecular complexity index is 228. The predicted molar refractivity (Wildman–Crippen MR) is 64.0 cm³/mol. The molecule has 0 aromatic rings. The van der Waals surface area contributed by atoms with Crippen LogP contribution in [0.2, 0.25) is 0 Å². The van der Waals surface area contributed by atoms with Crippen LogP contribution in [0.25, 0.3) is 0 Å². The monoisotopic (exact) mass is 334 g/mol. The summed E-state index contributed by atoms with van der Waals surface area (Å²) >= 11 is 1.70. The number of ether oxygens (including phenoxy) is 1. The molecular formula is C6H13BIO5P. The molecule has 8 heteroatoms. The van der Waals surface area contributed by atoms with Gasteiger partial charge in [0.25, 0.3) is 0 Å². The second-order valence-electron chi connectivity index (χ2n) is 2.93. The fraction of sp³-hybridized carbons (Fsp3) is 0.667. The van der Waals surface area contributed by atoms with Gasteiger partial charge in [0.05, 0.1) is 12.7 Å². The molecule has 5 nitrogen and oxygen atoms in total. The summed E-state index contributed by atoms with van der Waals surface area (Å²) in [5.41, 5.74) is 0. The lowest BCUT2D eigenvalue weighted by Gasteiger charge is -2.15. The molecule has 0 bridgehead atoms. The summed E-state index contributed by atoms with van der Waals surface area (Å²) in [5, 5.41) is 0. The molecule has 0 spiro atoms. The fourth-order valence-electron chi connectivity index (χ4n) is 0.760. The third kappa shape index (κ3) is 9.17. The van der Waals surface area contributed by atoms with Crippen LogP contribution in [-0.4, -0.2) is 36.3 Å². The number of rotatable bonds is 6. The Morgan fingerprint density at radius 2 is 2.21 bits per heavy atom. The first-order valence-electron chi connectivity index (χ1n) is 3.98. The van der Waals surface area contributed by atoms with Gasteiger partial charge in [0.2, 0.25) is 0 Å². The van der Waals surface area contributed by atoms with E-state index in [9.17, 15) is 4.57 Å². The van der Waals surface area contributed by atoms with Crippen LogP contribution in [0.3, 0.4) is 0 Å². The van der Waals surface area contributed by atoms with E-state index in [1.54, 1.807) is 23.0 Å². The van der Waals surface area contributed by atoms with Gasteiger partial charge in [0.1, 0.15) is 30.9 Å². The molecule has 2 N–H and O–H groups in total. The highest BCUT2D eigenvalue weighted by molar-refractivity contribution is 14.1. The van der Waals surface area contributed by atoms with Crippen LogP contribution in [-0.2, 0) is 12.4 Å². The van der Waals surface area contributed by atoms with E-state index in [0.717, 1.165) is 5.82 Å². The number of hydrogen-bond acceptors (Lipinski definition) is 3. The van der Waals surface area contributed by atoms with Crippen LogP contribution >= 0.6 is 30.6 Å². The third-order valence-corrected chi connectivity index (χ3v) is 2.09. The lowest BCUT2D eigenvalue weighted by Crippen LogP contribution is -2.21. The van der Waals surface area contributed by atoms with Gasteiger partial charge in [0, 0.05) is 11.8 Å². The van der Waals surface area contributed by atoms with Gasteiger partial charge in [-0.2, -0.15) is 0 Å². The minimum Gasteiger partial charge on any atom is -0.378 e. The standard InChI is InChI=1S/C6H13BIO5P/c1-5(7)13-6(4-12-8)2-3-14(9,10)11/h2-3,5-6H,4,7H2,1H3,(H2,9,10,11)/b3-2+. The molecule has 0 heterocycles. The molecule has 0 aromatic carbocycles. The van der Waals surface area contributed by atoms with Crippen LogP contribution in [0.15, 0.2) is 11.9 Å². The van der Waals surface area contributed by atoms with E-state index < -0.39 is 13.7 Å². The Kier molecular flexibility index (Phi) is 7.28. The van der Waals surface area contributed by atoms with Crippen molar-refractivity contribution >= 4 is 38.4 Å². The summed E-state index contributed by atoms with van der Waals surface area (Å²) in [6.07, 6.45) is 0.888. The minimum atomic E-state index is -4.11. The lowest BCUT2D eigenvalue weighted by atomic mass is 10.0. The van der Waals surface area contributed by atoms with Crippen molar-refractivity contribution in [1.29, 1.82) is 0 Å². The maximum absolute atomic E-state index is 10.5. The van der Waals surface area contributed by atoms with Gasteiger partial charge in [-0.1, -0.05) is 0 Å². The van der Waals surface area contributed by atoms with Gasteiger partial charge < -0.3 is 17.6 Å². The molecule has 0 rings (SSSR count). The van der Waals surface area contributed by atoms with Gasteiger partial charge in [-0.15, -0.1) is 0 Å². The zero-order chi connectivity index (χ0) is 11.2. The van der Waals surface area contributed by atoms with Crippen molar-refractivity contribution in [3.8, 4) is 0 Å². The van der Waals surface area contributed by atoms with Crippen LogP contribution in [0.4, 0.5) is 0 Å². The molecule has 2 unspecified atom stereocenters. The van der Waals surface area contributed by atoms with Gasteiger partial charge in [0.15, 0.2) is 0 Å². The summed E-state index contributed by atoms with van der Waals surface area (Å²) < 4.78 is 20.7. The fourth-order valence-corrected chi connectivity index (χ4v) is 1.53. The van der Waals surface area contributed by atoms with Crippen LogP contribution in [0.1, 0.15) is 6.92 Å². The first-order chi connectivity index (χ1) is 6.35. The molecule has 0 aliphatic carbocycles. The Labute approximate surface area is 98.1 Å². The zero-order valence-electron chi connectivity index (χ0n) is 7.96. The Balaban J connectivity index is 4.22. The van der Waals surface area contributed by atoms with Crippen molar-refractivity contribution in [2.45, 2.75) is 19.0 Å². The molecule has 0 amide bonds. The summed E-state index contributed by atoms with van der Waals surface area (Å²) in [4.78, 5) is 17.2. The molecule has 14 heavy (non-hydrogen) atoms. The second kappa shape index (κ2) is 6.97. The van der Waals surface area contributed by atoms with E-state index in [2.05, 4.69) is 0 Å². The normalized spacial score (nSPS) is 17.1. The molecular weight excluding hydrogens is 321 g/mol. The van der Waals surface area contributed by atoms with E-state index >= 15 is 0 Å². The Morgan fingerprint density at radius 3 is 2.57 bits per heavy atom. The first-order valence-corrected chi connectivity index (χ1v) is 6.55. The molecule has 2 atom stereocenters. The maximum atomic E-state index is 10.5. The molecule has 0 aromatic heterocycles. The van der Waals surface area contributed by atoms with E-state index in [1.807, 2.05) is 14.8 Å². The average molecular weight is 334 g/mol. The first kappa shape index (κ1) is 14.6. The molecule has 0 saturated heterocycles. The molecule has 0 fully saturated rings. The molecule has 0 saturated carbocycles. The largest absolute Gasteiger partial charge is 0.378 e. The Hall–Kier alpha value is 0.605. The average Bonchev–Trinajstić information content (AvgIpc) is 1.98. The number of halogens is 1. The summed E-state index contributed by atoms with van der Waals surface area (Å²) in [5.74, 6) is 0.829. The van der Waals surface area contributed by atoms with Crippen molar-refractivity contribution < 1.29 is 22.2 Å². The van der Waals surface area contributed by atoms with Crippen LogP contribution in [0.5, 0.6) is 0 Å². The quantitative estimate of drug-likeness (QED) is 0.418. The topological polar surface area (TPSA) is 76.0 Å². The number of hydrogen-bond donors (Lipinski definition) is 2. The summed E-state index contributed by atoms with van der Waals surface area (Å²) in [6.45, 7) is 2.10. The van der Waals surface area contributed by atoms with Crippen LogP contribution < -0.4 is 0 Å². The molecule has 0 radical (unpaired) electrons. The molecule has 0 aliphatic rings. The molecule has 0 aliphatic heterocycles. The second-order valence-corrected chi connectivity index (χ2v) is 5.03. The van der Waals surface area contributed by atoms with Crippen molar-refractivity contribution in [3.05, 3.63) is 11.9 Å². The van der Waals surface area contributed by atoms with Crippen molar-refractivity contribution in [2.75, 3.05) is 6.61 Å². The third-order valence-electron chi connectivity index (χ3n) is 1.17. The molecule has 82 valence electrons. The van der Waals surface area contributed by atoms with Gasteiger partial charge in [-0.25, -0.2) is 0 Å². The summed E-state index contributed by atoms with van der Waals surface area (Å²) in [7, 11) is -2.27. The van der Waals surface area contributed by atoms with E-state index in [4.69, 9.17) is 17.6 Å². The van der Waals surface area contributed by atoms with Crippen molar-refractivity contribution in [2.24, 2.45) is 0 Å². The Morgan fingerprint density at radius 1 is 1.64 bits per heavy atom. The van der Waals surface area contributed by atoms with E-state index in [1.165, 1.54) is 6.08 Å². The highest BCUT2D eigenvalue weighted by Gasteiger charge is 2.11. The van der Waals surface area contributed by atoms with Crippen molar-refractivity contribution in [3.63, 3.8) is 0 Å².